The number of carbonyl (C=O) groups is 1. The van der Waals surface area contributed by atoms with Gasteiger partial charge in [0.25, 0.3) is 0 Å². The third kappa shape index (κ3) is 3.51. The van der Waals surface area contributed by atoms with Crippen molar-refractivity contribution in [3.8, 4) is 0 Å². The van der Waals surface area contributed by atoms with Crippen molar-refractivity contribution >= 4 is 27.6 Å². The fraction of sp³-hybridized carbons (Fsp3) is 0. The molecular weight excluding hydrogens is 264 g/mol. The zero-order valence-corrected chi connectivity index (χ0v) is 9.05. The SMILES string of the molecule is O=C(O)C(=CO)N=Nc1ccc(Br)cc1. The average molecular weight is 271 g/mol. The summed E-state index contributed by atoms with van der Waals surface area (Å²) < 4.78 is 0.887. The number of rotatable bonds is 3. The lowest BCUT2D eigenvalue weighted by atomic mass is 10.3. The van der Waals surface area contributed by atoms with E-state index in [9.17, 15) is 4.79 Å². The minimum Gasteiger partial charge on any atom is -0.513 e. The quantitative estimate of drug-likeness (QED) is 0.503. The van der Waals surface area contributed by atoms with Crippen molar-refractivity contribution in [1.29, 1.82) is 0 Å². The van der Waals surface area contributed by atoms with Crippen LogP contribution in [0.5, 0.6) is 0 Å². The first-order chi connectivity index (χ1) is 7.13. The van der Waals surface area contributed by atoms with Crippen LogP contribution >= 0.6 is 15.9 Å². The normalized spacial score (nSPS) is 11.9. The van der Waals surface area contributed by atoms with Crippen LogP contribution in [-0.4, -0.2) is 16.2 Å². The third-order valence-electron chi connectivity index (χ3n) is 1.44. The Labute approximate surface area is 93.9 Å². The van der Waals surface area contributed by atoms with Crippen molar-refractivity contribution in [2.24, 2.45) is 10.2 Å². The highest BCUT2D eigenvalue weighted by molar-refractivity contribution is 9.10. The van der Waals surface area contributed by atoms with Gasteiger partial charge in [0, 0.05) is 4.47 Å². The first-order valence-corrected chi connectivity index (χ1v) is 4.68. The number of azo groups is 1. The zero-order valence-electron chi connectivity index (χ0n) is 7.46. The van der Waals surface area contributed by atoms with Gasteiger partial charge in [0.15, 0.2) is 0 Å². The highest BCUT2D eigenvalue weighted by atomic mass is 79.9. The maximum absolute atomic E-state index is 10.4. The van der Waals surface area contributed by atoms with Gasteiger partial charge in [-0.25, -0.2) is 4.79 Å². The summed E-state index contributed by atoms with van der Waals surface area (Å²) in [5.74, 6) is -1.33. The molecule has 0 saturated heterocycles. The molecule has 5 nitrogen and oxygen atoms in total. The maximum atomic E-state index is 10.4. The van der Waals surface area contributed by atoms with Gasteiger partial charge in [0.2, 0.25) is 5.70 Å². The smallest absolute Gasteiger partial charge is 0.359 e. The van der Waals surface area contributed by atoms with E-state index >= 15 is 0 Å². The molecule has 0 atom stereocenters. The number of carboxylic acids is 1. The lowest BCUT2D eigenvalue weighted by Gasteiger charge is -1.93. The molecule has 0 aliphatic carbocycles. The van der Waals surface area contributed by atoms with E-state index in [4.69, 9.17) is 10.2 Å². The molecule has 6 heteroatoms. The number of hydrogen-bond acceptors (Lipinski definition) is 4. The summed E-state index contributed by atoms with van der Waals surface area (Å²) in [5.41, 5.74) is -0.0169. The summed E-state index contributed by atoms with van der Waals surface area (Å²) >= 11 is 3.24. The van der Waals surface area contributed by atoms with Crippen LogP contribution in [0.25, 0.3) is 0 Å². The lowest BCUT2D eigenvalue weighted by Crippen LogP contribution is -1.96. The van der Waals surface area contributed by atoms with Crippen molar-refractivity contribution in [1.82, 2.24) is 0 Å². The van der Waals surface area contributed by atoms with Crippen LogP contribution in [0.4, 0.5) is 5.69 Å². The van der Waals surface area contributed by atoms with Crippen LogP contribution in [0.15, 0.2) is 50.9 Å². The maximum Gasteiger partial charge on any atom is 0.359 e. The predicted octanol–water partition coefficient (Wildman–Crippen LogP) is 3.02. The lowest BCUT2D eigenvalue weighted by molar-refractivity contribution is -0.132. The van der Waals surface area contributed by atoms with E-state index < -0.39 is 11.7 Å². The van der Waals surface area contributed by atoms with Gasteiger partial charge in [-0.05, 0) is 24.3 Å². The van der Waals surface area contributed by atoms with Gasteiger partial charge >= 0.3 is 5.97 Å². The molecule has 0 heterocycles. The Kier molecular flexibility index (Phi) is 3.99. The fourth-order valence-corrected chi connectivity index (χ4v) is 1.01. The van der Waals surface area contributed by atoms with Gasteiger partial charge in [0.05, 0.1) is 5.69 Å². The summed E-state index contributed by atoms with van der Waals surface area (Å²) in [5, 5.41) is 24.0. The first kappa shape index (κ1) is 11.4. The molecule has 2 N–H and O–H groups in total. The second-order valence-corrected chi connectivity index (χ2v) is 3.41. The molecule has 0 saturated carbocycles. The third-order valence-corrected chi connectivity index (χ3v) is 1.97. The van der Waals surface area contributed by atoms with Gasteiger partial charge in [-0.15, -0.1) is 5.11 Å². The molecule has 1 aromatic rings. The molecule has 0 aliphatic rings. The molecule has 0 radical (unpaired) electrons. The molecule has 0 fully saturated rings. The number of benzene rings is 1. The summed E-state index contributed by atoms with van der Waals surface area (Å²) in [4.78, 5) is 10.4. The van der Waals surface area contributed by atoms with Gasteiger partial charge in [-0.2, -0.15) is 5.11 Å². The molecule has 1 aromatic carbocycles. The Bertz CT molecular complexity index is 412. The van der Waals surface area contributed by atoms with Crippen LogP contribution in [-0.2, 0) is 4.79 Å². The van der Waals surface area contributed by atoms with E-state index in [-0.39, 0.29) is 0 Å². The second-order valence-electron chi connectivity index (χ2n) is 2.50. The van der Waals surface area contributed by atoms with E-state index in [1.807, 2.05) is 0 Å². The fourth-order valence-electron chi connectivity index (χ4n) is 0.743. The van der Waals surface area contributed by atoms with E-state index in [1.165, 1.54) is 0 Å². The number of aliphatic hydroxyl groups excluding tert-OH is 1. The van der Waals surface area contributed by atoms with Gasteiger partial charge < -0.3 is 10.2 Å². The minimum absolute atomic E-state index is 0.394. The summed E-state index contributed by atoms with van der Waals surface area (Å²) in [7, 11) is 0. The van der Waals surface area contributed by atoms with E-state index in [2.05, 4.69) is 26.2 Å². The summed E-state index contributed by atoms with van der Waals surface area (Å²) in [6, 6.07) is 6.81. The van der Waals surface area contributed by atoms with E-state index in [0.717, 1.165) is 4.47 Å². The largest absolute Gasteiger partial charge is 0.513 e. The van der Waals surface area contributed by atoms with Gasteiger partial charge in [0.1, 0.15) is 6.26 Å². The van der Waals surface area contributed by atoms with Crippen molar-refractivity contribution < 1.29 is 15.0 Å². The van der Waals surface area contributed by atoms with Crippen molar-refractivity contribution in [3.05, 3.63) is 40.7 Å². The minimum atomic E-state index is -1.33. The Morgan fingerprint density at radius 3 is 2.40 bits per heavy atom. The second kappa shape index (κ2) is 5.26. The number of halogens is 1. The van der Waals surface area contributed by atoms with Crippen LogP contribution in [0, 0.1) is 0 Å². The molecule has 15 heavy (non-hydrogen) atoms. The van der Waals surface area contributed by atoms with Crippen molar-refractivity contribution in [3.63, 3.8) is 0 Å². The molecule has 0 amide bonds. The predicted molar refractivity (Wildman–Crippen MR) is 57.0 cm³/mol. The van der Waals surface area contributed by atoms with Crippen LogP contribution in [0.1, 0.15) is 0 Å². The molecular formula is C9H7BrN2O3. The van der Waals surface area contributed by atoms with Crippen LogP contribution < -0.4 is 0 Å². The van der Waals surface area contributed by atoms with Crippen LogP contribution in [0.3, 0.4) is 0 Å². The summed E-state index contributed by atoms with van der Waals surface area (Å²) in [6.45, 7) is 0. The monoisotopic (exact) mass is 270 g/mol. The molecule has 0 unspecified atom stereocenters. The Morgan fingerprint density at radius 1 is 1.33 bits per heavy atom. The average Bonchev–Trinajstić information content (AvgIpc) is 2.21. The first-order valence-electron chi connectivity index (χ1n) is 3.88. The van der Waals surface area contributed by atoms with Gasteiger partial charge in [-0.1, -0.05) is 15.9 Å². The number of carboxylic acid groups (broad SMARTS) is 1. The highest BCUT2D eigenvalue weighted by Gasteiger charge is 2.04. The molecule has 1 rings (SSSR count). The standard InChI is InChI=1S/C9H7BrN2O3/c10-6-1-3-7(4-2-6)11-12-8(5-13)9(14)15/h1-5,13H,(H,14,15). The molecule has 0 spiro atoms. The Balaban J connectivity index is 2.81. The number of nitrogens with zero attached hydrogens (tertiary/aromatic N) is 2. The van der Waals surface area contributed by atoms with Crippen molar-refractivity contribution in [2.75, 3.05) is 0 Å². The number of aliphatic hydroxyl groups is 1. The van der Waals surface area contributed by atoms with Crippen LogP contribution in [0.2, 0.25) is 0 Å². The topological polar surface area (TPSA) is 82.2 Å². The summed E-state index contributed by atoms with van der Waals surface area (Å²) in [6.07, 6.45) is 0.394. The molecule has 78 valence electrons. The molecule has 0 aromatic heterocycles. The molecule has 0 bridgehead atoms. The van der Waals surface area contributed by atoms with Gasteiger partial charge in [-0.3, -0.25) is 0 Å². The van der Waals surface area contributed by atoms with E-state index in [0.29, 0.717) is 11.9 Å². The van der Waals surface area contributed by atoms with Crippen molar-refractivity contribution in [2.45, 2.75) is 0 Å². The Hall–Kier alpha value is -1.69. The number of hydrogen-bond donors (Lipinski definition) is 2. The number of aliphatic carboxylic acids is 1. The zero-order chi connectivity index (χ0) is 11.3. The molecule has 0 aliphatic heterocycles. The van der Waals surface area contributed by atoms with E-state index in [1.54, 1.807) is 24.3 Å². The highest BCUT2D eigenvalue weighted by Crippen LogP contribution is 2.17. The Morgan fingerprint density at radius 2 is 1.93 bits per heavy atom.